The predicted octanol–water partition coefficient (Wildman–Crippen LogP) is 2.02. The standard InChI is InChI=1S/C8H9NO2S/c1-2-6(8(10)11)3-7-4-12-5-9-7/h3-5H,2H2,1H3,(H,10,11)/b6-3+. The quantitative estimate of drug-likeness (QED) is 0.729. The number of nitrogens with zero attached hydrogens (tertiary/aromatic N) is 1. The first-order valence-electron chi connectivity index (χ1n) is 3.56. The maximum absolute atomic E-state index is 10.6. The lowest BCUT2D eigenvalue weighted by molar-refractivity contribution is -0.132. The number of aliphatic carboxylic acids is 1. The molecule has 0 amide bonds. The van der Waals surface area contributed by atoms with Crippen LogP contribution in [-0.2, 0) is 4.79 Å². The van der Waals surface area contributed by atoms with Gasteiger partial charge in [-0.15, -0.1) is 11.3 Å². The third kappa shape index (κ3) is 2.17. The average molecular weight is 183 g/mol. The summed E-state index contributed by atoms with van der Waals surface area (Å²) in [5.41, 5.74) is 2.79. The van der Waals surface area contributed by atoms with Crippen molar-refractivity contribution in [3.63, 3.8) is 0 Å². The maximum Gasteiger partial charge on any atom is 0.331 e. The summed E-state index contributed by atoms with van der Waals surface area (Å²) in [5.74, 6) is -0.870. The van der Waals surface area contributed by atoms with Crippen LogP contribution >= 0.6 is 11.3 Å². The van der Waals surface area contributed by atoms with Crippen molar-refractivity contribution in [3.8, 4) is 0 Å². The van der Waals surface area contributed by atoms with Gasteiger partial charge >= 0.3 is 5.97 Å². The molecule has 0 atom stereocenters. The van der Waals surface area contributed by atoms with E-state index in [2.05, 4.69) is 4.98 Å². The molecule has 0 saturated heterocycles. The first-order chi connectivity index (χ1) is 5.74. The molecule has 0 spiro atoms. The highest BCUT2D eigenvalue weighted by atomic mass is 32.1. The van der Waals surface area contributed by atoms with Gasteiger partial charge in [-0.25, -0.2) is 9.78 Å². The minimum atomic E-state index is -0.870. The number of hydrogen-bond acceptors (Lipinski definition) is 3. The molecule has 1 aromatic rings. The van der Waals surface area contributed by atoms with E-state index in [0.717, 1.165) is 5.69 Å². The number of carboxylic acids is 1. The summed E-state index contributed by atoms with van der Waals surface area (Å²) in [4.78, 5) is 14.5. The summed E-state index contributed by atoms with van der Waals surface area (Å²) in [6, 6.07) is 0. The second kappa shape index (κ2) is 4.01. The Labute approximate surface area is 74.4 Å². The highest BCUT2D eigenvalue weighted by Crippen LogP contribution is 2.09. The van der Waals surface area contributed by atoms with Gasteiger partial charge in [0, 0.05) is 11.0 Å². The van der Waals surface area contributed by atoms with Crippen molar-refractivity contribution in [2.45, 2.75) is 13.3 Å². The third-order valence-electron chi connectivity index (χ3n) is 1.43. The zero-order valence-corrected chi connectivity index (χ0v) is 7.47. The molecule has 0 aliphatic carbocycles. The third-order valence-corrected chi connectivity index (χ3v) is 2.03. The van der Waals surface area contributed by atoms with Crippen LogP contribution < -0.4 is 0 Å². The lowest BCUT2D eigenvalue weighted by Crippen LogP contribution is -1.98. The van der Waals surface area contributed by atoms with E-state index in [1.54, 1.807) is 11.6 Å². The molecule has 0 saturated carbocycles. The van der Waals surface area contributed by atoms with Crippen molar-refractivity contribution < 1.29 is 9.90 Å². The Balaban J connectivity index is 2.85. The molecule has 1 N–H and O–H groups in total. The van der Waals surface area contributed by atoms with Crippen LogP contribution in [0.25, 0.3) is 6.08 Å². The van der Waals surface area contributed by atoms with E-state index >= 15 is 0 Å². The molecule has 1 aromatic heterocycles. The van der Waals surface area contributed by atoms with Crippen LogP contribution in [-0.4, -0.2) is 16.1 Å². The van der Waals surface area contributed by atoms with Crippen LogP contribution in [0.1, 0.15) is 19.0 Å². The van der Waals surface area contributed by atoms with Gasteiger partial charge in [0.1, 0.15) is 0 Å². The van der Waals surface area contributed by atoms with Gasteiger partial charge in [-0.2, -0.15) is 0 Å². The Morgan fingerprint density at radius 3 is 3.00 bits per heavy atom. The van der Waals surface area contributed by atoms with Crippen LogP contribution in [0.2, 0.25) is 0 Å². The molecule has 0 bridgehead atoms. The Hall–Kier alpha value is -1.16. The summed E-state index contributed by atoms with van der Waals surface area (Å²) >= 11 is 1.46. The first kappa shape index (κ1) is 8.93. The summed E-state index contributed by atoms with van der Waals surface area (Å²) in [6.07, 6.45) is 2.12. The van der Waals surface area contributed by atoms with E-state index in [1.807, 2.05) is 12.3 Å². The molecule has 12 heavy (non-hydrogen) atoms. The Morgan fingerprint density at radius 2 is 2.58 bits per heavy atom. The highest BCUT2D eigenvalue weighted by Gasteiger charge is 2.04. The topological polar surface area (TPSA) is 50.2 Å². The van der Waals surface area contributed by atoms with Gasteiger partial charge in [0.15, 0.2) is 0 Å². The van der Waals surface area contributed by atoms with Crippen molar-refractivity contribution in [1.82, 2.24) is 4.98 Å². The van der Waals surface area contributed by atoms with Crippen LogP contribution in [0, 0.1) is 0 Å². The molecule has 4 heteroatoms. The van der Waals surface area contributed by atoms with E-state index in [0.29, 0.717) is 12.0 Å². The smallest absolute Gasteiger partial charge is 0.331 e. The molecular weight excluding hydrogens is 174 g/mol. The number of thiazole rings is 1. The number of carbonyl (C=O) groups is 1. The van der Waals surface area contributed by atoms with E-state index in [9.17, 15) is 4.79 Å². The molecule has 0 radical (unpaired) electrons. The van der Waals surface area contributed by atoms with E-state index in [1.165, 1.54) is 11.3 Å². The monoisotopic (exact) mass is 183 g/mol. The predicted molar refractivity (Wildman–Crippen MR) is 48.0 cm³/mol. The zero-order valence-electron chi connectivity index (χ0n) is 6.65. The Bertz CT molecular complexity index is 290. The molecule has 64 valence electrons. The molecule has 0 fully saturated rings. The second-order valence-electron chi connectivity index (χ2n) is 2.24. The normalized spacial score (nSPS) is 11.6. The fraction of sp³-hybridized carbons (Fsp3) is 0.250. The summed E-state index contributed by atoms with van der Waals surface area (Å²) in [5, 5.41) is 10.5. The molecule has 0 unspecified atom stereocenters. The van der Waals surface area contributed by atoms with Gasteiger partial charge in [-0.3, -0.25) is 0 Å². The van der Waals surface area contributed by atoms with Gasteiger partial charge in [0.2, 0.25) is 0 Å². The van der Waals surface area contributed by atoms with Gasteiger partial charge in [0.05, 0.1) is 11.2 Å². The van der Waals surface area contributed by atoms with Gasteiger partial charge in [-0.05, 0) is 12.5 Å². The van der Waals surface area contributed by atoms with Crippen molar-refractivity contribution >= 4 is 23.4 Å². The minimum absolute atomic E-state index is 0.390. The number of rotatable bonds is 3. The van der Waals surface area contributed by atoms with Gasteiger partial charge in [0.25, 0.3) is 0 Å². The molecule has 0 aliphatic rings. The zero-order chi connectivity index (χ0) is 8.97. The fourth-order valence-electron chi connectivity index (χ4n) is 0.787. The number of aromatic nitrogens is 1. The minimum Gasteiger partial charge on any atom is -0.478 e. The van der Waals surface area contributed by atoms with Crippen LogP contribution in [0.3, 0.4) is 0 Å². The summed E-state index contributed by atoms with van der Waals surface area (Å²) < 4.78 is 0. The first-order valence-corrected chi connectivity index (χ1v) is 4.50. The molecule has 1 heterocycles. The average Bonchev–Trinajstić information content (AvgIpc) is 2.51. The molecular formula is C8H9NO2S. The Morgan fingerprint density at radius 1 is 1.83 bits per heavy atom. The largest absolute Gasteiger partial charge is 0.478 e. The van der Waals surface area contributed by atoms with Crippen molar-refractivity contribution in [2.24, 2.45) is 0 Å². The molecule has 1 rings (SSSR count). The Kier molecular flexibility index (Phi) is 2.99. The summed E-state index contributed by atoms with van der Waals surface area (Å²) in [6.45, 7) is 1.81. The van der Waals surface area contributed by atoms with Crippen LogP contribution in [0.5, 0.6) is 0 Å². The second-order valence-corrected chi connectivity index (χ2v) is 2.96. The van der Waals surface area contributed by atoms with Gasteiger partial charge in [-0.1, -0.05) is 6.92 Å². The van der Waals surface area contributed by atoms with Gasteiger partial charge < -0.3 is 5.11 Å². The lowest BCUT2D eigenvalue weighted by atomic mass is 10.2. The van der Waals surface area contributed by atoms with Crippen molar-refractivity contribution in [1.29, 1.82) is 0 Å². The number of hydrogen-bond donors (Lipinski definition) is 1. The van der Waals surface area contributed by atoms with E-state index < -0.39 is 5.97 Å². The molecule has 0 aromatic carbocycles. The SMILES string of the molecule is CC/C(=C\c1cscn1)C(=O)O. The maximum atomic E-state index is 10.6. The fourth-order valence-corrected chi connectivity index (χ4v) is 1.30. The van der Waals surface area contributed by atoms with Crippen molar-refractivity contribution in [2.75, 3.05) is 0 Å². The summed E-state index contributed by atoms with van der Waals surface area (Å²) in [7, 11) is 0. The highest BCUT2D eigenvalue weighted by molar-refractivity contribution is 7.07. The lowest BCUT2D eigenvalue weighted by Gasteiger charge is -1.94. The molecule has 0 aliphatic heterocycles. The van der Waals surface area contributed by atoms with E-state index in [4.69, 9.17) is 5.11 Å². The van der Waals surface area contributed by atoms with Crippen LogP contribution in [0.15, 0.2) is 16.5 Å². The van der Waals surface area contributed by atoms with Crippen molar-refractivity contribution in [3.05, 3.63) is 22.2 Å². The van der Waals surface area contributed by atoms with Crippen LogP contribution in [0.4, 0.5) is 0 Å². The number of carboxylic acid groups (broad SMARTS) is 1. The van der Waals surface area contributed by atoms with E-state index in [-0.39, 0.29) is 0 Å². The molecule has 3 nitrogen and oxygen atoms in total.